The molecule has 0 aliphatic rings. The lowest BCUT2D eigenvalue weighted by atomic mass is 10.0. The minimum atomic E-state index is -1.15. The average Bonchev–Trinajstić information content (AvgIpc) is 2.78. The molecule has 0 radical (unpaired) electrons. The van der Waals surface area contributed by atoms with E-state index in [4.69, 9.17) is 10.5 Å². The fourth-order valence-electron chi connectivity index (χ4n) is 3.29. The molecule has 35 heavy (non-hydrogen) atoms. The van der Waals surface area contributed by atoms with E-state index in [2.05, 4.69) is 5.32 Å². The molecule has 0 bridgehead atoms. The van der Waals surface area contributed by atoms with Crippen molar-refractivity contribution in [1.82, 2.24) is 10.2 Å². The fraction of sp³-hybridized carbons (Fsp3) is 0.348. The van der Waals surface area contributed by atoms with Gasteiger partial charge in [0.1, 0.15) is 17.7 Å². The molecule has 0 spiro atoms. The van der Waals surface area contributed by atoms with Crippen LogP contribution in [0.15, 0.2) is 42.5 Å². The van der Waals surface area contributed by atoms with E-state index in [1.165, 1.54) is 38.3 Å². The van der Waals surface area contributed by atoms with Crippen molar-refractivity contribution in [2.45, 2.75) is 31.8 Å². The fourth-order valence-corrected chi connectivity index (χ4v) is 3.29. The molecule has 0 heterocycles. The molecule has 2 aromatic rings. The third-order valence-electron chi connectivity index (χ3n) is 5.01. The van der Waals surface area contributed by atoms with E-state index in [-0.39, 0.29) is 37.2 Å². The molecule has 188 valence electrons. The first-order valence-corrected chi connectivity index (χ1v) is 10.6. The molecule has 0 aliphatic carbocycles. The maximum Gasteiger partial charge on any atom is 0.269 e. The van der Waals surface area contributed by atoms with Gasteiger partial charge in [-0.1, -0.05) is 12.1 Å². The van der Waals surface area contributed by atoms with Crippen molar-refractivity contribution in [3.63, 3.8) is 0 Å². The zero-order chi connectivity index (χ0) is 26.1. The van der Waals surface area contributed by atoms with Crippen LogP contribution in [0.4, 0.5) is 14.5 Å². The summed E-state index contributed by atoms with van der Waals surface area (Å²) in [6, 6.07) is 5.87. The lowest BCUT2D eigenvalue weighted by Crippen LogP contribution is -2.54. The summed E-state index contributed by atoms with van der Waals surface area (Å²) < 4.78 is 31.7. The monoisotopic (exact) mass is 492 g/mol. The second kappa shape index (κ2) is 12.6. The SMILES string of the molecule is COCCN(C(=O)[C@H](C)NC(=O)Cc1cc(F)cc(F)c1)C(=O)[C@@H](N)Cc1ccc([N+](=O)[O-])cc1. The average molecular weight is 492 g/mol. The summed E-state index contributed by atoms with van der Waals surface area (Å²) in [5, 5.41) is 13.2. The van der Waals surface area contributed by atoms with E-state index in [0.29, 0.717) is 11.6 Å². The van der Waals surface area contributed by atoms with Gasteiger partial charge in [0.25, 0.3) is 11.6 Å². The Kier molecular flexibility index (Phi) is 9.91. The van der Waals surface area contributed by atoms with Gasteiger partial charge in [0.2, 0.25) is 11.8 Å². The summed E-state index contributed by atoms with van der Waals surface area (Å²) >= 11 is 0. The van der Waals surface area contributed by atoms with Crippen LogP contribution in [0.3, 0.4) is 0 Å². The molecular weight excluding hydrogens is 466 g/mol. The molecule has 0 aromatic heterocycles. The standard InChI is InChI=1S/C23H26F2N4O6/c1-14(27-21(30)12-16-9-17(24)13-18(25)10-16)22(31)28(7-8-35-2)23(32)20(26)11-15-3-5-19(6-4-15)29(33)34/h3-6,9-10,13-14,20H,7-8,11-12,26H2,1-2H3,(H,27,30)/t14-,20-/m0/s1. The molecule has 3 N–H and O–H groups in total. The molecule has 0 unspecified atom stereocenters. The number of hydrogen-bond donors (Lipinski definition) is 2. The smallest absolute Gasteiger partial charge is 0.269 e. The topological polar surface area (TPSA) is 145 Å². The van der Waals surface area contributed by atoms with Crippen molar-refractivity contribution in [3.05, 3.63) is 75.3 Å². The number of halogens is 2. The highest BCUT2D eigenvalue weighted by Crippen LogP contribution is 2.14. The molecule has 0 saturated carbocycles. The number of nitro groups is 1. The number of nitro benzene ring substituents is 1. The molecule has 0 saturated heterocycles. The zero-order valence-electron chi connectivity index (χ0n) is 19.2. The lowest BCUT2D eigenvalue weighted by molar-refractivity contribution is -0.384. The van der Waals surface area contributed by atoms with Crippen molar-refractivity contribution in [2.75, 3.05) is 20.3 Å². The number of imide groups is 1. The van der Waals surface area contributed by atoms with E-state index in [1.807, 2.05) is 0 Å². The van der Waals surface area contributed by atoms with E-state index < -0.39 is 46.4 Å². The highest BCUT2D eigenvalue weighted by atomic mass is 19.1. The Hall–Kier alpha value is -3.77. The maximum absolute atomic E-state index is 13.3. The number of carbonyl (C=O) groups excluding carboxylic acids is 3. The van der Waals surface area contributed by atoms with E-state index in [1.54, 1.807) is 0 Å². The molecule has 0 aliphatic heterocycles. The molecule has 0 fully saturated rings. The van der Waals surface area contributed by atoms with Crippen LogP contribution in [0.2, 0.25) is 0 Å². The summed E-state index contributed by atoms with van der Waals surface area (Å²) in [6.45, 7) is 1.25. The Bertz CT molecular complexity index is 1060. The van der Waals surface area contributed by atoms with Gasteiger partial charge in [0, 0.05) is 25.3 Å². The number of rotatable bonds is 11. The highest BCUT2D eigenvalue weighted by molar-refractivity contribution is 6.01. The van der Waals surface area contributed by atoms with Crippen LogP contribution in [0.5, 0.6) is 0 Å². The van der Waals surface area contributed by atoms with Crippen LogP contribution in [-0.4, -0.2) is 59.9 Å². The second-order valence-electron chi connectivity index (χ2n) is 7.80. The molecule has 2 aromatic carbocycles. The van der Waals surface area contributed by atoms with Gasteiger partial charge in [-0.15, -0.1) is 0 Å². The van der Waals surface area contributed by atoms with Crippen LogP contribution in [-0.2, 0) is 32.0 Å². The number of non-ortho nitro benzene ring substituents is 1. The van der Waals surface area contributed by atoms with Crippen LogP contribution >= 0.6 is 0 Å². The summed E-state index contributed by atoms with van der Waals surface area (Å²) in [7, 11) is 1.38. The second-order valence-corrected chi connectivity index (χ2v) is 7.80. The Labute approximate surface area is 200 Å². The van der Waals surface area contributed by atoms with Gasteiger partial charge in [-0.2, -0.15) is 0 Å². The lowest BCUT2D eigenvalue weighted by Gasteiger charge is -2.27. The molecule has 12 heteroatoms. The third kappa shape index (κ3) is 8.19. The molecule has 2 rings (SSSR count). The number of nitrogens with zero attached hydrogens (tertiary/aromatic N) is 2. The predicted molar refractivity (Wildman–Crippen MR) is 121 cm³/mol. The first-order valence-electron chi connectivity index (χ1n) is 10.6. The van der Waals surface area contributed by atoms with Gasteiger partial charge in [0.05, 0.1) is 30.5 Å². The molecule has 10 nitrogen and oxygen atoms in total. The minimum absolute atomic E-state index is 0.0134. The summed E-state index contributed by atoms with van der Waals surface area (Å²) in [5.74, 6) is -3.82. The molecule has 3 amide bonds. The summed E-state index contributed by atoms with van der Waals surface area (Å²) in [4.78, 5) is 49.3. The number of carbonyl (C=O) groups is 3. The van der Waals surface area contributed by atoms with E-state index in [0.717, 1.165) is 17.0 Å². The van der Waals surface area contributed by atoms with Crippen LogP contribution < -0.4 is 11.1 Å². The number of methoxy groups -OCH3 is 1. The number of nitrogens with one attached hydrogen (secondary N) is 1. The van der Waals surface area contributed by atoms with Crippen LogP contribution in [0.25, 0.3) is 0 Å². The minimum Gasteiger partial charge on any atom is -0.383 e. The van der Waals surface area contributed by atoms with Crippen molar-refractivity contribution < 1.29 is 32.8 Å². The van der Waals surface area contributed by atoms with Gasteiger partial charge in [-0.25, -0.2) is 8.78 Å². The Balaban J connectivity index is 2.06. The van der Waals surface area contributed by atoms with E-state index in [9.17, 15) is 33.3 Å². The Morgan fingerprint density at radius 3 is 2.23 bits per heavy atom. The Morgan fingerprint density at radius 1 is 1.09 bits per heavy atom. The predicted octanol–water partition coefficient (Wildman–Crippen LogP) is 1.49. The number of amides is 3. The van der Waals surface area contributed by atoms with Crippen molar-refractivity contribution in [3.8, 4) is 0 Å². The van der Waals surface area contributed by atoms with Crippen LogP contribution in [0, 0.1) is 21.7 Å². The zero-order valence-corrected chi connectivity index (χ0v) is 19.2. The van der Waals surface area contributed by atoms with Gasteiger partial charge in [-0.3, -0.25) is 29.4 Å². The largest absolute Gasteiger partial charge is 0.383 e. The van der Waals surface area contributed by atoms with Gasteiger partial charge in [-0.05, 0) is 36.6 Å². The normalized spacial score (nSPS) is 12.5. The number of nitrogens with two attached hydrogens (primary N) is 1. The maximum atomic E-state index is 13.3. The van der Waals surface area contributed by atoms with Crippen molar-refractivity contribution in [1.29, 1.82) is 0 Å². The van der Waals surface area contributed by atoms with Gasteiger partial charge in [0.15, 0.2) is 0 Å². The third-order valence-corrected chi connectivity index (χ3v) is 5.01. The first-order chi connectivity index (χ1) is 16.5. The van der Waals surface area contributed by atoms with Crippen molar-refractivity contribution in [2.24, 2.45) is 5.73 Å². The Morgan fingerprint density at radius 2 is 1.69 bits per heavy atom. The van der Waals surface area contributed by atoms with Crippen molar-refractivity contribution >= 4 is 23.4 Å². The van der Waals surface area contributed by atoms with Gasteiger partial charge >= 0.3 is 0 Å². The highest BCUT2D eigenvalue weighted by Gasteiger charge is 2.30. The number of benzene rings is 2. The molecular formula is C23H26F2N4O6. The number of ether oxygens (including phenoxy) is 1. The number of hydrogen-bond acceptors (Lipinski definition) is 7. The first kappa shape index (κ1) is 27.5. The van der Waals surface area contributed by atoms with Crippen LogP contribution in [0.1, 0.15) is 18.1 Å². The summed E-state index contributed by atoms with van der Waals surface area (Å²) in [5.41, 5.74) is 6.53. The van der Waals surface area contributed by atoms with Gasteiger partial charge < -0.3 is 15.8 Å². The quantitative estimate of drug-likeness (QED) is 0.357. The van der Waals surface area contributed by atoms with E-state index >= 15 is 0 Å². The summed E-state index contributed by atoms with van der Waals surface area (Å²) in [6.07, 6.45) is -0.364. The molecule has 2 atom stereocenters.